The highest BCUT2D eigenvalue weighted by atomic mass is 32.1. The minimum Gasteiger partial charge on any atom is -0.447 e. The van der Waals surface area contributed by atoms with E-state index in [0.29, 0.717) is 13.0 Å². The van der Waals surface area contributed by atoms with Crippen LogP contribution >= 0.6 is 12.6 Å². The molecule has 2 aromatic rings. The van der Waals surface area contributed by atoms with Gasteiger partial charge < -0.3 is 9.64 Å². The van der Waals surface area contributed by atoms with Gasteiger partial charge in [-0.05, 0) is 56.7 Å². The van der Waals surface area contributed by atoms with Crippen molar-refractivity contribution in [1.82, 2.24) is 9.80 Å². The van der Waals surface area contributed by atoms with Gasteiger partial charge in [-0.3, -0.25) is 4.90 Å². The molecule has 4 nitrogen and oxygen atoms in total. The smallest absolute Gasteiger partial charge is 0.410 e. The summed E-state index contributed by atoms with van der Waals surface area (Å²) in [6.45, 7) is 3.96. The van der Waals surface area contributed by atoms with Crippen LogP contribution < -0.4 is 0 Å². The van der Waals surface area contributed by atoms with Crippen LogP contribution in [-0.4, -0.2) is 46.4 Å². The van der Waals surface area contributed by atoms with Crippen LogP contribution in [0.3, 0.4) is 0 Å². The molecule has 2 aromatic carbocycles. The number of likely N-dealkylation sites (tertiary alicyclic amines) is 1. The fourth-order valence-corrected chi connectivity index (χ4v) is 4.27. The number of nitrogens with zero attached hydrogens (tertiary/aromatic N) is 2. The van der Waals surface area contributed by atoms with E-state index in [9.17, 15) is 22.4 Å². The molecule has 1 aliphatic rings. The van der Waals surface area contributed by atoms with Crippen LogP contribution in [0.15, 0.2) is 36.4 Å². The molecule has 1 amide bonds. The van der Waals surface area contributed by atoms with Gasteiger partial charge in [0.1, 0.15) is 23.3 Å². The molecule has 32 heavy (non-hydrogen) atoms. The zero-order chi connectivity index (χ0) is 23.4. The first-order valence-electron chi connectivity index (χ1n) is 10.4. The number of benzene rings is 2. The van der Waals surface area contributed by atoms with Gasteiger partial charge in [-0.25, -0.2) is 22.4 Å². The number of halogens is 4. The minimum atomic E-state index is -0.606. The van der Waals surface area contributed by atoms with Crippen LogP contribution in [0.4, 0.5) is 22.4 Å². The zero-order valence-corrected chi connectivity index (χ0v) is 18.8. The topological polar surface area (TPSA) is 32.8 Å². The number of carbonyl (C=O) groups is 1. The van der Waals surface area contributed by atoms with Crippen molar-refractivity contribution >= 4 is 18.7 Å². The molecule has 0 radical (unpaired) electrons. The normalized spacial score (nSPS) is 18.6. The molecule has 1 heterocycles. The summed E-state index contributed by atoms with van der Waals surface area (Å²) in [5.74, 6) is -2.41. The summed E-state index contributed by atoms with van der Waals surface area (Å²) in [7, 11) is 0. The van der Waals surface area contributed by atoms with Crippen molar-refractivity contribution in [3.05, 3.63) is 70.8 Å². The third kappa shape index (κ3) is 6.38. The van der Waals surface area contributed by atoms with E-state index in [2.05, 4.69) is 12.6 Å². The van der Waals surface area contributed by atoms with E-state index in [0.717, 1.165) is 36.4 Å². The Morgan fingerprint density at radius 1 is 1.06 bits per heavy atom. The third-order valence-corrected chi connectivity index (χ3v) is 5.61. The van der Waals surface area contributed by atoms with E-state index in [1.807, 2.05) is 0 Å². The summed E-state index contributed by atoms with van der Waals surface area (Å²) in [5, 5.41) is -0.0848. The monoisotopic (exact) mass is 470 g/mol. The Kier molecular flexibility index (Phi) is 8.05. The minimum absolute atomic E-state index is 0.0552. The summed E-state index contributed by atoms with van der Waals surface area (Å²) in [6.07, 6.45) is -0.249. The van der Waals surface area contributed by atoms with Gasteiger partial charge in [-0.15, -0.1) is 0 Å². The van der Waals surface area contributed by atoms with Gasteiger partial charge >= 0.3 is 6.09 Å². The van der Waals surface area contributed by atoms with Crippen LogP contribution in [0.1, 0.15) is 31.4 Å². The van der Waals surface area contributed by atoms with Gasteiger partial charge in [-0.1, -0.05) is 0 Å². The molecule has 0 unspecified atom stereocenters. The molecule has 0 bridgehead atoms. The van der Waals surface area contributed by atoms with Gasteiger partial charge in [0.2, 0.25) is 0 Å². The molecule has 0 aliphatic carbocycles. The predicted octanol–water partition coefficient (Wildman–Crippen LogP) is 5.16. The predicted molar refractivity (Wildman–Crippen MR) is 116 cm³/mol. The molecule has 0 spiro atoms. The summed E-state index contributed by atoms with van der Waals surface area (Å²) in [4.78, 5) is 15.8. The number of hydrogen-bond donors (Lipinski definition) is 1. The molecule has 0 aromatic heterocycles. The average Bonchev–Trinajstić information content (AvgIpc) is 3.07. The van der Waals surface area contributed by atoms with Crippen LogP contribution in [0.5, 0.6) is 0 Å². The van der Waals surface area contributed by atoms with E-state index in [-0.39, 0.29) is 48.2 Å². The third-order valence-electron chi connectivity index (χ3n) is 5.24. The quantitative estimate of drug-likeness (QED) is 0.448. The van der Waals surface area contributed by atoms with Crippen molar-refractivity contribution in [2.45, 2.75) is 50.8 Å². The highest BCUT2D eigenvalue weighted by Gasteiger charge is 2.36. The van der Waals surface area contributed by atoms with Crippen LogP contribution in [-0.2, 0) is 17.8 Å². The second kappa shape index (κ2) is 10.6. The lowest BCUT2D eigenvalue weighted by Crippen LogP contribution is -2.44. The Bertz CT molecular complexity index is 906. The van der Waals surface area contributed by atoms with E-state index in [1.165, 1.54) is 0 Å². The van der Waals surface area contributed by atoms with Crippen LogP contribution in [0.2, 0.25) is 0 Å². The first kappa shape index (κ1) is 24.4. The Morgan fingerprint density at radius 3 is 2.09 bits per heavy atom. The second-order valence-electron chi connectivity index (χ2n) is 8.27. The molecule has 0 saturated carbocycles. The number of carbonyl (C=O) groups excluding carboxylic acids is 1. The highest BCUT2D eigenvalue weighted by molar-refractivity contribution is 7.81. The standard InChI is InChI=1S/C23H26F4N2O2S/c1-14(2)31-23(30)29-13-20(32)9-19(29)12-28(10-15-7-17(24)3-5-21(15)26)11-16-8-18(25)4-6-22(16)27/h3-8,14,19-20,32H,9-13H2,1-2H3/t19-,20+/m0/s1. The van der Waals surface area contributed by atoms with E-state index >= 15 is 0 Å². The number of amides is 1. The summed E-state index contributed by atoms with van der Waals surface area (Å²) in [6, 6.07) is 5.89. The first-order chi connectivity index (χ1) is 15.1. The van der Waals surface area contributed by atoms with Crippen molar-refractivity contribution in [2.75, 3.05) is 13.1 Å². The van der Waals surface area contributed by atoms with Crippen LogP contribution in [0, 0.1) is 23.3 Å². The number of thiol groups is 1. The molecule has 174 valence electrons. The zero-order valence-electron chi connectivity index (χ0n) is 17.9. The van der Waals surface area contributed by atoms with Crippen molar-refractivity contribution in [2.24, 2.45) is 0 Å². The van der Waals surface area contributed by atoms with E-state index in [4.69, 9.17) is 4.74 Å². The molecular formula is C23H26F4N2O2S. The van der Waals surface area contributed by atoms with Gasteiger partial charge in [0.05, 0.1) is 6.10 Å². The Morgan fingerprint density at radius 2 is 1.59 bits per heavy atom. The number of ether oxygens (including phenoxy) is 1. The van der Waals surface area contributed by atoms with Gasteiger partial charge in [-0.2, -0.15) is 12.6 Å². The SMILES string of the molecule is CC(C)OC(=O)N1C[C@H](S)C[C@H]1CN(Cc1cc(F)ccc1F)Cc1cc(F)ccc1F. The molecule has 0 N–H and O–H groups in total. The summed E-state index contributed by atoms with van der Waals surface area (Å²) >= 11 is 4.49. The summed E-state index contributed by atoms with van der Waals surface area (Å²) < 4.78 is 61.4. The maximum absolute atomic E-state index is 14.3. The fraction of sp³-hybridized carbons (Fsp3) is 0.435. The van der Waals surface area contributed by atoms with Gasteiger partial charge in [0.15, 0.2) is 0 Å². The van der Waals surface area contributed by atoms with Gasteiger partial charge in [0.25, 0.3) is 0 Å². The first-order valence-corrected chi connectivity index (χ1v) is 10.9. The molecule has 1 saturated heterocycles. The lowest BCUT2D eigenvalue weighted by atomic mass is 10.1. The van der Waals surface area contributed by atoms with Crippen molar-refractivity contribution < 1.29 is 27.1 Å². The van der Waals surface area contributed by atoms with Crippen molar-refractivity contribution in [3.8, 4) is 0 Å². The summed E-state index contributed by atoms with van der Waals surface area (Å²) in [5.41, 5.74) is 0.164. The Balaban J connectivity index is 1.86. The number of hydrogen-bond acceptors (Lipinski definition) is 4. The lowest BCUT2D eigenvalue weighted by molar-refractivity contribution is 0.0656. The van der Waals surface area contributed by atoms with Crippen molar-refractivity contribution in [1.29, 1.82) is 0 Å². The Labute approximate surface area is 190 Å². The molecule has 1 aliphatic heterocycles. The molecule has 2 atom stereocenters. The maximum Gasteiger partial charge on any atom is 0.410 e. The molecular weight excluding hydrogens is 444 g/mol. The van der Waals surface area contributed by atoms with E-state index < -0.39 is 29.4 Å². The fourth-order valence-electron chi connectivity index (χ4n) is 3.85. The van der Waals surface area contributed by atoms with Gasteiger partial charge in [0, 0.05) is 48.6 Å². The largest absolute Gasteiger partial charge is 0.447 e. The molecule has 1 fully saturated rings. The lowest BCUT2D eigenvalue weighted by Gasteiger charge is -2.31. The highest BCUT2D eigenvalue weighted by Crippen LogP contribution is 2.26. The van der Waals surface area contributed by atoms with Crippen LogP contribution in [0.25, 0.3) is 0 Å². The molecule has 9 heteroatoms. The van der Waals surface area contributed by atoms with E-state index in [1.54, 1.807) is 23.6 Å². The number of rotatable bonds is 7. The average molecular weight is 471 g/mol. The Hall–Kier alpha value is -2.26. The van der Waals surface area contributed by atoms with Crippen molar-refractivity contribution in [3.63, 3.8) is 0 Å². The maximum atomic E-state index is 14.3. The molecule has 3 rings (SSSR count). The second-order valence-corrected chi connectivity index (χ2v) is 9.00.